The Labute approximate surface area is 103 Å². The summed E-state index contributed by atoms with van der Waals surface area (Å²) >= 11 is 0. The third-order valence-electron chi connectivity index (χ3n) is 3.60. The Hall–Kier alpha value is -1.57. The lowest BCUT2D eigenvalue weighted by molar-refractivity contribution is 0.507. The highest BCUT2D eigenvalue weighted by Gasteiger charge is 2.22. The first-order valence-corrected chi connectivity index (χ1v) is 6.13. The fourth-order valence-electron chi connectivity index (χ4n) is 2.08. The molecule has 1 aromatic heterocycles. The SMILES string of the molecule is CCC(C)(C)c1ccccc1-c1nccn1C. The number of rotatable bonds is 3. The van der Waals surface area contributed by atoms with Crippen molar-refractivity contribution in [3.05, 3.63) is 42.2 Å². The molecule has 0 fully saturated rings. The van der Waals surface area contributed by atoms with E-state index >= 15 is 0 Å². The van der Waals surface area contributed by atoms with Crippen molar-refractivity contribution >= 4 is 0 Å². The second kappa shape index (κ2) is 4.36. The van der Waals surface area contributed by atoms with Crippen LogP contribution in [-0.4, -0.2) is 9.55 Å². The predicted molar refractivity (Wildman–Crippen MR) is 72.0 cm³/mol. The zero-order valence-electron chi connectivity index (χ0n) is 11.1. The minimum Gasteiger partial charge on any atom is -0.334 e. The van der Waals surface area contributed by atoms with E-state index in [9.17, 15) is 0 Å². The van der Waals surface area contributed by atoms with Crippen LogP contribution in [0.4, 0.5) is 0 Å². The van der Waals surface area contributed by atoms with E-state index in [1.165, 1.54) is 11.1 Å². The van der Waals surface area contributed by atoms with Crippen LogP contribution in [0.25, 0.3) is 11.4 Å². The van der Waals surface area contributed by atoms with Crippen molar-refractivity contribution in [1.82, 2.24) is 9.55 Å². The van der Waals surface area contributed by atoms with Gasteiger partial charge in [0.1, 0.15) is 5.82 Å². The first kappa shape index (κ1) is 11.9. The molecule has 0 radical (unpaired) electrons. The van der Waals surface area contributed by atoms with Gasteiger partial charge in [0.25, 0.3) is 0 Å². The molecule has 0 aliphatic heterocycles. The van der Waals surface area contributed by atoms with Gasteiger partial charge in [-0.05, 0) is 17.4 Å². The highest BCUT2D eigenvalue weighted by molar-refractivity contribution is 5.62. The molecule has 0 amide bonds. The van der Waals surface area contributed by atoms with E-state index in [1.807, 2.05) is 19.4 Å². The number of imidazole rings is 1. The Morgan fingerprint density at radius 2 is 1.94 bits per heavy atom. The van der Waals surface area contributed by atoms with Crippen LogP contribution < -0.4 is 0 Å². The summed E-state index contributed by atoms with van der Waals surface area (Å²) in [7, 11) is 2.04. The van der Waals surface area contributed by atoms with Gasteiger partial charge in [-0.15, -0.1) is 0 Å². The lowest BCUT2D eigenvalue weighted by atomic mass is 9.79. The molecule has 1 heterocycles. The first-order chi connectivity index (χ1) is 8.06. The summed E-state index contributed by atoms with van der Waals surface area (Å²) in [6.45, 7) is 6.80. The van der Waals surface area contributed by atoms with Crippen molar-refractivity contribution < 1.29 is 0 Å². The zero-order valence-corrected chi connectivity index (χ0v) is 11.1. The van der Waals surface area contributed by atoms with Gasteiger partial charge in [0.05, 0.1) is 0 Å². The molecule has 2 rings (SSSR count). The molecule has 0 aliphatic carbocycles. The molecule has 2 heteroatoms. The van der Waals surface area contributed by atoms with E-state index in [1.54, 1.807) is 0 Å². The lowest BCUT2D eigenvalue weighted by Crippen LogP contribution is -2.17. The molecule has 0 atom stereocenters. The summed E-state index contributed by atoms with van der Waals surface area (Å²) in [5.41, 5.74) is 2.80. The van der Waals surface area contributed by atoms with E-state index in [4.69, 9.17) is 0 Å². The van der Waals surface area contributed by atoms with E-state index < -0.39 is 0 Å². The maximum absolute atomic E-state index is 4.46. The van der Waals surface area contributed by atoms with Gasteiger partial charge in [-0.1, -0.05) is 45.0 Å². The molecule has 2 nitrogen and oxygen atoms in total. The number of hydrogen-bond donors (Lipinski definition) is 0. The Bertz CT molecular complexity index is 509. The molecule has 0 spiro atoms. The third kappa shape index (κ3) is 2.12. The summed E-state index contributed by atoms with van der Waals surface area (Å²) in [6.07, 6.45) is 4.96. The van der Waals surface area contributed by atoms with E-state index in [0.717, 1.165) is 12.2 Å². The standard InChI is InChI=1S/C15H20N2/c1-5-15(2,3)13-9-7-6-8-12(13)14-16-10-11-17(14)4/h6-11H,5H2,1-4H3. The summed E-state index contributed by atoms with van der Waals surface area (Å²) in [4.78, 5) is 4.46. The van der Waals surface area contributed by atoms with Gasteiger partial charge in [-0.25, -0.2) is 4.98 Å². The van der Waals surface area contributed by atoms with Crippen LogP contribution in [0, 0.1) is 0 Å². The quantitative estimate of drug-likeness (QED) is 0.781. The largest absolute Gasteiger partial charge is 0.334 e. The summed E-state index contributed by atoms with van der Waals surface area (Å²) in [6, 6.07) is 8.57. The molecule has 0 aliphatic rings. The van der Waals surface area contributed by atoms with E-state index in [2.05, 4.69) is 54.6 Å². The molecule has 0 N–H and O–H groups in total. The second-order valence-corrected chi connectivity index (χ2v) is 5.14. The van der Waals surface area contributed by atoms with Crippen molar-refractivity contribution in [2.24, 2.45) is 7.05 Å². The van der Waals surface area contributed by atoms with Gasteiger partial charge in [-0.3, -0.25) is 0 Å². The highest BCUT2D eigenvalue weighted by Crippen LogP contribution is 2.34. The molecular weight excluding hydrogens is 208 g/mol. The first-order valence-electron chi connectivity index (χ1n) is 6.13. The fraction of sp³-hybridized carbons (Fsp3) is 0.400. The topological polar surface area (TPSA) is 17.8 Å². The molecule has 0 bridgehead atoms. The van der Waals surface area contributed by atoms with Crippen molar-refractivity contribution in [1.29, 1.82) is 0 Å². The highest BCUT2D eigenvalue weighted by atomic mass is 15.0. The van der Waals surface area contributed by atoms with Gasteiger partial charge in [-0.2, -0.15) is 0 Å². The number of aromatic nitrogens is 2. The van der Waals surface area contributed by atoms with Crippen molar-refractivity contribution in [2.45, 2.75) is 32.6 Å². The molecule has 2 aromatic rings. The number of benzene rings is 1. The molecule has 1 aromatic carbocycles. The van der Waals surface area contributed by atoms with Gasteiger partial charge in [0.15, 0.2) is 0 Å². The van der Waals surface area contributed by atoms with Crippen LogP contribution in [0.1, 0.15) is 32.8 Å². The van der Waals surface area contributed by atoms with E-state index in [0.29, 0.717) is 0 Å². The van der Waals surface area contributed by atoms with E-state index in [-0.39, 0.29) is 5.41 Å². The minimum atomic E-state index is 0.183. The van der Waals surface area contributed by atoms with Crippen LogP contribution in [-0.2, 0) is 12.5 Å². The molecule has 0 saturated heterocycles. The Balaban J connectivity index is 2.60. The molecule has 17 heavy (non-hydrogen) atoms. The van der Waals surface area contributed by atoms with Gasteiger partial charge in [0.2, 0.25) is 0 Å². The molecular formula is C15H20N2. The van der Waals surface area contributed by atoms with Crippen molar-refractivity contribution in [3.8, 4) is 11.4 Å². The third-order valence-corrected chi connectivity index (χ3v) is 3.60. The van der Waals surface area contributed by atoms with Crippen molar-refractivity contribution in [3.63, 3.8) is 0 Å². The summed E-state index contributed by atoms with van der Waals surface area (Å²) in [5.74, 6) is 1.04. The molecule has 0 saturated carbocycles. The summed E-state index contributed by atoms with van der Waals surface area (Å²) in [5, 5.41) is 0. The zero-order chi connectivity index (χ0) is 12.5. The Morgan fingerprint density at radius 1 is 1.24 bits per heavy atom. The average Bonchev–Trinajstić information content (AvgIpc) is 2.75. The maximum atomic E-state index is 4.46. The maximum Gasteiger partial charge on any atom is 0.139 e. The number of aryl methyl sites for hydroxylation is 1. The monoisotopic (exact) mass is 228 g/mol. The average molecular weight is 228 g/mol. The number of nitrogens with zero attached hydrogens (tertiary/aromatic N) is 2. The van der Waals surface area contributed by atoms with Gasteiger partial charge >= 0.3 is 0 Å². The summed E-state index contributed by atoms with van der Waals surface area (Å²) < 4.78 is 2.07. The number of hydrogen-bond acceptors (Lipinski definition) is 1. The fourth-order valence-corrected chi connectivity index (χ4v) is 2.08. The Kier molecular flexibility index (Phi) is 3.05. The normalized spacial score (nSPS) is 11.8. The van der Waals surface area contributed by atoms with Crippen LogP contribution in [0.15, 0.2) is 36.7 Å². The van der Waals surface area contributed by atoms with Crippen LogP contribution in [0.3, 0.4) is 0 Å². The predicted octanol–water partition coefficient (Wildman–Crippen LogP) is 3.77. The van der Waals surface area contributed by atoms with Crippen LogP contribution in [0.5, 0.6) is 0 Å². The van der Waals surface area contributed by atoms with Gasteiger partial charge in [0, 0.05) is 25.0 Å². The molecule has 90 valence electrons. The van der Waals surface area contributed by atoms with Crippen LogP contribution >= 0.6 is 0 Å². The second-order valence-electron chi connectivity index (χ2n) is 5.14. The lowest BCUT2D eigenvalue weighted by Gasteiger charge is -2.26. The minimum absolute atomic E-state index is 0.183. The van der Waals surface area contributed by atoms with Gasteiger partial charge < -0.3 is 4.57 Å². The van der Waals surface area contributed by atoms with Crippen molar-refractivity contribution in [2.75, 3.05) is 0 Å². The molecule has 0 unspecified atom stereocenters. The van der Waals surface area contributed by atoms with Crippen LogP contribution in [0.2, 0.25) is 0 Å². The Morgan fingerprint density at radius 3 is 2.53 bits per heavy atom. The smallest absolute Gasteiger partial charge is 0.139 e.